The van der Waals surface area contributed by atoms with Gasteiger partial charge in [0.25, 0.3) is 0 Å². The maximum Gasteiger partial charge on any atom is 0.0406 e. The van der Waals surface area contributed by atoms with Gasteiger partial charge in [0.05, 0.1) is 0 Å². The highest BCUT2D eigenvalue weighted by molar-refractivity contribution is 6.30. The Morgan fingerprint density at radius 1 is 0.645 bits per heavy atom. The second-order valence-electron chi connectivity index (χ2n) is 8.43. The molecule has 0 bridgehead atoms. The van der Waals surface area contributed by atoms with Crippen molar-refractivity contribution in [3.05, 3.63) is 141 Å². The van der Waals surface area contributed by atoms with Gasteiger partial charge in [-0.3, -0.25) is 0 Å². The molecule has 2 aliphatic carbocycles. The molecule has 0 aromatic heterocycles. The molecule has 0 spiro atoms. The average Bonchev–Trinajstić information content (AvgIpc) is 2.85. The van der Waals surface area contributed by atoms with Gasteiger partial charge in [0, 0.05) is 28.0 Å². The first-order valence-electron chi connectivity index (χ1n) is 11.0. The molecular formula is C30H25Cl. The van der Waals surface area contributed by atoms with Gasteiger partial charge in [-0.05, 0) is 66.2 Å². The molecule has 5 rings (SSSR count). The number of benzene rings is 3. The molecule has 0 heterocycles. The molecule has 3 aromatic rings. The fraction of sp³-hybridized carbons (Fsp3) is 0.200. The van der Waals surface area contributed by atoms with Gasteiger partial charge in [0.1, 0.15) is 0 Å². The van der Waals surface area contributed by atoms with Crippen LogP contribution in [-0.2, 0) is 0 Å². The third kappa shape index (κ3) is 4.39. The molecule has 152 valence electrons. The molecule has 3 atom stereocenters. The molecule has 0 aliphatic heterocycles. The second-order valence-corrected chi connectivity index (χ2v) is 8.87. The first-order valence-corrected chi connectivity index (χ1v) is 11.4. The summed E-state index contributed by atoms with van der Waals surface area (Å²) in [6.07, 6.45) is 7.66. The third-order valence-corrected chi connectivity index (χ3v) is 6.79. The lowest BCUT2D eigenvalue weighted by Gasteiger charge is -2.30. The van der Waals surface area contributed by atoms with E-state index in [0.717, 1.165) is 24.3 Å². The summed E-state index contributed by atoms with van der Waals surface area (Å²) in [5, 5.41) is 0.789. The number of hydrogen-bond donors (Lipinski definition) is 0. The van der Waals surface area contributed by atoms with Crippen LogP contribution in [0.5, 0.6) is 0 Å². The summed E-state index contributed by atoms with van der Waals surface area (Å²) in [7, 11) is 0. The Morgan fingerprint density at radius 3 is 1.94 bits per heavy atom. The normalized spacial score (nSPS) is 22.7. The highest BCUT2D eigenvalue weighted by Gasteiger charge is 2.28. The van der Waals surface area contributed by atoms with E-state index in [0.29, 0.717) is 17.8 Å². The number of rotatable bonds is 4. The number of halogens is 1. The highest BCUT2D eigenvalue weighted by atomic mass is 35.5. The van der Waals surface area contributed by atoms with Crippen LogP contribution in [0.2, 0.25) is 5.02 Å². The third-order valence-electron chi connectivity index (χ3n) is 6.53. The minimum absolute atomic E-state index is 0.349. The fourth-order valence-electron chi connectivity index (χ4n) is 4.82. The molecule has 0 radical (unpaired) electrons. The zero-order valence-electron chi connectivity index (χ0n) is 17.5. The summed E-state index contributed by atoms with van der Waals surface area (Å²) >= 11 is 6.05. The molecule has 2 aliphatic rings. The van der Waals surface area contributed by atoms with Crippen LogP contribution < -0.4 is 0 Å². The predicted molar refractivity (Wildman–Crippen MR) is 130 cm³/mol. The van der Waals surface area contributed by atoms with Crippen molar-refractivity contribution in [3.63, 3.8) is 0 Å². The van der Waals surface area contributed by atoms with E-state index < -0.39 is 0 Å². The van der Waals surface area contributed by atoms with Crippen molar-refractivity contribution in [2.45, 2.75) is 37.0 Å². The van der Waals surface area contributed by atoms with E-state index in [2.05, 4.69) is 96.4 Å². The Balaban J connectivity index is 1.47. The molecule has 0 fully saturated rings. The van der Waals surface area contributed by atoms with Gasteiger partial charge in [0.15, 0.2) is 0 Å². The van der Waals surface area contributed by atoms with Crippen molar-refractivity contribution >= 4 is 11.6 Å². The van der Waals surface area contributed by atoms with Gasteiger partial charge < -0.3 is 0 Å². The van der Waals surface area contributed by atoms with Gasteiger partial charge in [-0.25, -0.2) is 0 Å². The van der Waals surface area contributed by atoms with E-state index in [-0.39, 0.29) is 0 Å². The Bertz CT molecular complexity index is 1170. The topological polar surface area (TPSA) is 0 Å². The molecule has 0 saturated heterocycles. The van der Waals surface area contributed by atoms with Crippen LogP contribution in [0.3, 0.4) is 0 Å². The molecule has 1 heteroatoms. The van der Waals surface area contributed by atoms with Crippen LogP contribution >= 0.6 is 11.6 Å². The van der Waals surface area contributed by atoms with Crippen molar-refractivity contribution in [1.29, 1.82) is 0 Å². The van der Waals surface area contributed by atoms with Gasteiger partial charge in [-0.2, -0.15) is 0 Å². The largest absolute Gasteiger partial charge is 0.120 e. The fourth-order valence-corrected chi connectivity index (χ4v) is 4.95. The molecule has 0 nitrogen and oxygen atoms in total. The van der Waals surface area contributed by atoms with Crippen LogP contribution in [-0.4, -0.2) is 0 Å². The predicted octanol–water partition coefficient (Wildman–Crippen LogP) is 8.35. The highest BCUT2D eigenvalue weighted by Crippen LogP contribution is 2.43. The first kappa shape index (κ1) is 19.9. The zero-order chi connectivity index (χ0) is 21.0. The molecule has 31 heavy (non-hydrogen) atoms. The SMILES string of the molecule is Clc1ccc(C2C=C=C(C3=C=CC(c4ccccc4)C(c4ccccc4)C3)CC2)cc1. The maximum atomic E-state index is 6.05. The standard InChI is InChI=1S/C30H25Cl/c31-28-18-15-23(16-19-28)22-11-13-24(14-12-22)27-17-20-29(25-7-3-1-4-8-25)30(21-27)26-9-5-2-6-10-26/h1-11,15-16,18-20,22,29-30H,12,14,21H2. The van der Waals surface area contributed by atoms with E-state index in [1.807, 2.05) is 12.1 Å². The van der Waals surface area contributed by atoms with Crippen LogP contribution in [0.25, 0.3) is 0 Å². The summed E-state index contributed by atoms with van der Waals surface area (Å²) in [5.41, 5.74) is 14.0. The minimum atomic E-state index is 0.349. The van der Waals surface area contributed by atoms with Crippen LogP contribution in [0.1, 0.15) is 53.7 Å². The van der Waals surface area contributed by atoms with Crippen LogP contribution in [0.15, 0.2) is 120 Å². The summed E-state index contributed by atoms with van der Waals surface area (Å²) in [6.45, 7) is 0. The van der Waals surface area contributed by atoms with E-state index >= 15 is 0 Å². The molecule has 3 unspecified atom stereocenters. The minimum Gasteiger partial charge on any atom is -0.120 e. The maximum absolute atomic E-state index is 6.05. The van der Waals surface area contributed by atoms with Crippen molar-refractivity contribution in [2.75, 3.05) is 0 Å². The zero-order valence-corrected chi connectivity index (χ0v) is 18.2. The monoisotopic (exact) mass is 420 g/mol. The van der Waals surface area contributed by atoms with E-state index in [9.17, 15) is 0 Å². The van der Waals surface area contributed by atoms with Crippen LogP contribution in [0.4, 0.5) is 0 Å². The van der Waals surface area contributed by atoms with Gasteiger partial charge in [-0.1, -0.05) is 84.4 Å². The Hall–Kier alpha value is -3.01. The summed E-state index contributed by atoms with van der Waals surface area (Å²) in [6, 6.07) is 30.0. The average molecular weight is 421 g/mol. The lowest BCUT2D eigenvalue weighted by molar-refractivity contribution is 0.596. The van der Waals surface area contributed by atoms with Crippen molar-refractivity contribution in [1.82, 2.24) is 0 Å². The molecular weight excluding hydrogens is 396 g/mol. The Morgan fingerprint density at radius 2 is 1.29 bits per heavy atom. The lowest BCUT2D eigenvalue weighted by atomic mass is 9.73. The Labute approximate surface area is 189 Å². The molecule has 3 aromatic carbocycles. The molecule has 0 N–H and O–H groups in total. The van der Waals surface area contributed by atoms with E-state index in [4.69, 9.17) is 11.6 Å². The molecule has 0 saturated carbocycles. The Kier molecular flexibility index (Phi) is 5.79. The summed E-state index contributed by atoms with van der Waals surface area (Å²) in [5.74, 6) is 1.18. The van der Waals surface area contributed by atoms with Gasteiger partial charge in [-0.15, -0.1) is 11.5 Å². The summed E-state index contributed by atoms with van der Waals surface area (Å²) in [4.78, 5) is 0. The van der Waals surface area contributed by atoms with E-state index in [1.165, 1.54) is 27.8 Å². The second kappa shape index (κ2) is 9.01. The van der Waals surface area contributed by atoms with E-state index in [1.54, 1.807) is 0 Å². The molecule has 0 amide bonds. The summed E-state index contributed by atoms with van der Waals surface area (Å²) < 4.78 is 0. The quantitative estimate of drug-likeness (QED) is 0.372. The smallest absolute Gasteiger partial charge is 0.0406 e. The van der Waals surface area contributed by atoms with Gasteiger partial charge >= 0.3 is 0 Å². The number of allylic oxidation sites excluding steroid dienone is 2. The number of hydrogen-bond acceptors (Lipinski definition) is 0. The van der Waals surface area contributed by atoms with Crippen molar-refractivity contribution in [2.24, 2.45) is 0 Å². The van der Waals surface area contributed by atoms with Crippen molar-refractivity contribution in [3.8, 4) is 0 Å². The van der Waals surface area contributed by atoms with Gasteiger partial charge in [0.2, 0.25) is 0 Å². The van der Waals surface area contributed by atoms with Crippen molar-refractivity contribution < 1.29 is 0 Å². The first-order chi connectivity index (χ1) is 15.3. The lowest BCUT2D eigenvalue weighted by Crippen LogP contribution is -2.14. The van der Waals surface area contributed by atoms with Crippen LogP contribution in [0, 0.1) is 0 Å².